The third-order valence-electron chi connectivity index (χ3n) is 2.21. The van der Waals surface area contributed by atoms with E-state index in [9.17, 15) is 14.0 Å². The lowest BCUT2D eigenvalue weighted by Crippen LogP contribution is -2.25. The monoisotopic (exact) mass is 364 g/mol. The number of carbonyl (C=O) groups excluding carboxylic acids is 2. The van der Waals surface area contributed by atoms with Gasteiger partial charge < -0.3 is 0 Å². The standard InChI is InChI=1S/C12H11Br2FO2/c1-2-3-10(16)11(15)12(17)8-5-4-7(13)6-9(8)14/h4-6,11H,2-3H2,1H3. The van der Waals surface area contributed by atoms with Gasteiger partial charge in [0.2, 0.25) is 12.0 Å². The fraction of sp³-hybridized carbons (Fsp3) is 0.333. The van der Waals surface area contributed by atoms with Crippen LogP contribution in [-0.4, -0.2) is 17.7 Å². The van der Waals surface area contributed by atoms with Crippen LogP contribution in [0.1, 0.15) is 30.1 Å². The number of hydrogen-bond acceptors (Lipinski definition) is 2. The predicted molar refractivity (Wildman–Crippen MR) is 71.0 cm³/mol. The van der Waals surface area contributed by atoms with Crippen molar-refractivity contribution in [2.75, 3.05) is 0 Å². The molecule has 0 aliphatic rings. The third-order valence-corrected chi connectivity index (χ3v) is 3.36. The van der Waals surface area contributed by atoms with Gasteiger partial charge >= 0.3 is 0 Å². The van der Waals surface area contributed by atoms with E-state index in [1.165, 1.54) is 6.07 Å². The van der Waals surface area contributed by atoms with Crippen molar-refractivity contribution < 1.29 is 14.0 Å². The average Bonchev–Trinajstić information content (AvgIpc) is 2.27. The lowest BCUT2D eigenvalue weighted by molar-refractivity contribution is -0.122. The Hall–Kier alpha value is -0.550. The number of halogens is 3. The molecule has 0 amide bonds. The van der Waals surface area contributed by atoms with E-state index in [-0.39, 0.29) is 12.0 Å². The van der Waals surface area contributed by atoms with Crippen LogP contribution in [0.4, 0.5) is 4.39 Å². The SMILES string of the molecule is CCCC(=O)C(F)C(=O)c1ccc(Br)cc1Br. The molecule has 1 aromatic rings. The molecule has 0 bridgehead atoms. The minimum absolute atomic E-state index is 0.0844. The van der Waals surface area contributed by atoms with Crippen LogP contribution >= 0.6 is 31.9 Å². The summed E-state index contributed by atoms with van der Waals surface area (Å²) in [5.74, 6) is -1.45. The van der Waals surface area contributed by atoms with Crippen LogP contribution in [0.2, 0.25) is 0 Å². The second-order valence-electron chi connectivity index (χ2n) is 3.57. The molecule has 0 aliphatic carbocycles. The summed E-state index contributed by atoms with van der Waals surface area (Å²) in [4.78, 5) is 23.1. The predicted octanol–water partition coefficient (Wildman–Crippen LogP) is 4.10. The molecule has 1 atom stereocenters. The molecule has 0 fully saturated rings. The molecule has 0 heterocycles. The molecule has 0 saturated carbocycles. The maximum atomic E-state index is 13.6. The fourth-order valence-electron chi connectivity index (χ4n) is 1.35. The van der Waals surface area contributed by atoms with E-state index in [2.05, 4.69) is 31.9 Å². The second kappa shape index (κ2) is 6.40. The van der Waals surface area contributed by atoms with Crippen molar-refractivity contribution in [3.05, 3.63) is 32.7 Å². The highest BCUT2D eigenvalue weighted by Gasteiger charge is 2.27. The topological polar surface area (TPSA) is 34.1 Å². The van der Waals surface area contributed by atoms with Crippen LogP contribution in [0.25, 0.3) is 0 Å². The number of ketones is 2. The summed E-state index contributed by atoms with van der Waals surface area (Å²) in [6.45, 7) is 1.77. The molecule has 0 radical (unpaired) electrons. The van der Waals surface area contributed by atoms with Gasteiger partial charge in [-0.2, -0.15) is 0 Å². The molecular formula is C12H11Br2FO2. The van der Waals surface area contributed by atoms with Gasteiger partial charge in [-0.05, 0) is 24.6 Å². The number of alkyl halides is 1. The summed E-state index contributed by atoms with van der Waals surface area (Å²) in [5, 5.41) is 0. The summed E-state index contributed by atoms with van der Waals surface area (Å²) >= 11 is 6.41. The van der Waals surface area contributed by atoms with Crippen LogP contribution in [0.3, 0.4) is 0 Å². The van der Waals surface area contributed by atoms with Gasteiger partial charge in [-0.3, -0.25) is 9.59 Å². The zero-order valence-corrected chi connectivity index (χ0v) is 12.3. The largest absolute Gasteiger partial charge is 0.296 e. The number of hydrogen-bond donors (Lipinski definition) is 0. The first-order valence-electron chi connectivity index (χ1n) is 5.13. The molecule has 0 spiro atoms. The maximum Gasteiger partial charge on any atom is 0.220 e. The molecule has 0 aromatic heterocycles. The normalized spacial score (nSPS) is 12.2. The summed E-state index contributed by atoms with van der Waals surface area (Å²) in [5.41, 5.74) is 0.185. The van der Waals surface area contributed by atoms with Crippen LogP contribution in [0.15, 0.2) is 27.1 Å². The molecule has 17 heavy (non-hydrogen) atoms. The maximum absolute atomic E-state index is 13.6. The second-order valence-corrected chi connectivity index (χ2v) is 5.34. The zero-order chi connectivity index (χ0) is 13.0. The van der Waals surface area contributed by atoms with E-state index in [1.807, 2.05) is 0 Å². The van der Waals surface area contributed by atoms with Crippen molar-refractivity contribution >= 4 is 43.4 Å². The van der Waals surface area contributed by atoms with Crippen molar-refractivity contribution in [2.24, 2.45) is 0 Å². The van der Waals surface area contributed by atoms with Gasteiger partial charge in [0, 0.05) is 20.9 Å². The molecule has 1 rings (SSSR count). The molecule has 2 nitrogen and oxygen atoms in total. The Morgan fingerprint density at radius 2 is 2.00 bits per heavy atom. The first kappa shape index (κ1) is 14.5. The van der Waals surface area contributed by atoms with E-state index in [0.717, 1.165) is 4.47 Å². The van der Waals surface area contributed by atoms with Gasteiger partial charge in [-0.25, -0.2) is 4.39 Å². The van der Waals surface area contributed by atoms with Crippen LogP contribution in [-0.2, 0) is 4.79 Å². The molecule has 5 heteroatoms. The Labute approximate surface area is 116 Å². The van der Waals surface area contributed by atoms with Crippen molar-refractivity contribution in [1.82, 2.24) is 0 Å². The first-order valence-corrected chi connectivity index (χ1v) is 6.72. The summed E-state index contributed by atoms with van der Waals surface area (Å²) in [6, 6.07) is 4.77. The highest BCUT2D eigenvalue weighted by atomic mass is 79.9. The Bertz CT molecular complexity index is 446. The minimum Gasteiger partial charge on any atom is -0.296 e. The van der Waals surface area contributed by atoms with Crippen LogP contribution in [0.5, 0.6) is 0 Å². The lowest BCUT2D eigenvalue weighted by Gasteiger charge is -2.07. The first-order chi connectivity index (χ1) is 7.97. The number of rotatable bonds is 5. The molecule has 1 aromatic carbocycles. The number of carbonyl (C=O) groups is 2. The molecule has 0 saturated heterocycles. The van der Waals surface area contributed by atoms with E-state index >= 15 is 0 Å². The van der Waals surface area contributed by atoms with Gasteiger partial charge in [0.1, 0.15) is 0 Å². The van der Waals surface area contributed by atoms with Gasteiger partial charge in [-0.15, -0.1) is 0 Å². The lowest BCUT2D eigenvalue weighted by atomic mass is 10.0. The Morgan fingerprint density at radius 3 is 2.53 bits per heavy atom. The highest BCUT2D eigenvalue weighted by Crippen LogP contribution is 2.24. The fourth-order valence-corrected chi connectivity index (χ4v) is 2.59. The minimum atomic E-state index is -2.06. The smallest absolute Gasteiger partial charge is 0.220 e. The Kier molecular flexibility index (Phi) is 5.46. The number of Topliss-reactive ketones (excluding diaryl/α,β-unsaturated/α-hetero) is 2. The van der Waals surface area contributed by atoms with Gasteiger partial charge in [-0.1, -0.05) is 38.8 Å². The summed E-state index contributed by atoms with van der Waals surface area (Å²) in [6.07, 6.45) is -1.44. The molecular weight excluding hydrogens is 355 g/mol. The van der Waals surface area contributed by atoms with Gasteiger partial charge in [0.05, 0.1) is 0 Å². The molecule has 0 aliphatic heterocycles. The zero-order valence-electron chi connectivity index (χ0n) is 9.17. The Morgan fingerprint density at radius 1 is 1.35 bits per heavy atom. The highest BCUT2D eigenvalue weighted by molar-refractivity contribution is 9.11. The third kappa shape index (κ3) is 3.71. The van der Waals surface area contributed by atoms with Crippen molar-refractivity contribution in [2.45, 2.75) is 25.9 Å². The summed E-state index contributed by atoms with van der Waals surface area (Å²) in [7, 11) is 0. The van der Waals surface area contributed by atoms with Crippen molar-refractivity contribution in [1.29, 1.82) is 0 Å². The van der Waals surface area contributed by atoms with Crippen LogP contribution in [0, 0.1) is 0 Å². The van der Waals surface area contributed by atoms with E-state index in [1.54, 1.807) is 19.1 Å². The van der Waals surface area contributed by atoms with E-state index in [0.29, 0.717) is 10.9 Å². The van der Waals surface area contributed by atoms with Gasteiger partial charge in [0.25, 0.3) is 0 Å². The summed E-state index contributed by atoms with van der Waals surface area (Å²) < 4.78 is 14.9. The average molecular weight is 366 g/mol. The molecule has 92 valence electrons. The van der Waals surface area contributed by atoms with Gasteiger partial charge in [0.15, 0.2) is 5.78 Å². The molecule has 1 unspecified atom stereocenters. The van der Waals surface area contributed by atoms with Crippen LogP contribution < -0.4 is 0 Å². The Balaban J connectivity index is 2.92. The van der Waals surface area contributed by atoms with Crippen molar-refractivity contribution in [3.8, 4) is 0 Å². The molecule has 0 N–H and O–H groups in total. The van der Waals surface area contributed by atoms with E-state index < -0.39 is 17.7 Å². The quantitative estimate of drug-likeness (QED) is 0.581. The number of benzene rings is 1. The van der Waals surface area contributed by atoms with E-state index in [4.69, 9.17) is 0 Å². The van der Waals surface area contributed by atoms with Crippen molar-refractivity contribution in [3.63, 3.8) is 0 Å².